The van der Waals surface area contributed by atoms with E-state index < -0.39 is 0 Å². The van der Waals surface area contributed by atoms with E-state index in [4.69, 9.17) is 0 Å². The van der Waals surface area contributed by atoms with Gasteiger partial charge in [0.15, 0.2) is 5.96 Å². The Balaban J connectivity index is 0.00000261. The number of hydrogen-bond donors (Lipinski definition) is 2. The van der Waals surface area contributed by atoms with Gasteiger partial charge >= 0.3 is 0 Å². The molecule has 154 valence electrons. The molecule has 0 atom stereocenters. The highest BCUT2D eigenvalue weighted by Crippen LogP contribution is 2.25. The Morgan fingerprint density at radius 1 is 1.22 bits per heavy atom. The number of likely N-dealkylation sites (tertiary alicyclic amines) is 1. The third-order valence-electron chi connectivity index (χ3n) is 5.69. The molecule has 3 rings (SSSR count). The average molecular weight is 506 g/mol. The molecule has 27 heavy (non-hydrogen) atoms. The van der Waals surface area contributed by atoms with Gasteiger partial charge in [0.2, 0.25) is 0 Å². The predicted octanol–water partition coefficient (Wildman–Crippen LogP) is 3.82. The fourth-order valence-corrected chi connectivity index (χ4v) is 4.97. The molecule has 0 bridgehead atoms. The first-order chi connectivity index (χ1) is 12.7. The summed E-state index contributed by atoms with van der Waals surface area (Å²) < 4.78 is 0. The standard InChI is InChI=1S/C20H35N5S.HI/c1-16-14-23-19(26-16)8-11-22-20(21-2)24-18-9-12-25(13-10-18)15-17-6-4-3-5-7-17;/h14,17-18H,3-13,15H2,1-2H3,(H2,21,22,24);1H. The van der Waals surface area contributed by atoms with Gasteiger partial charge < -0.3 is 15.5 Å². The van der Waals surface area contributed by atoms with Crippen LogP contribution in [0.1, 0.15) is 54.8 Å². The van der Waals surface area contributed by atoms with Crippen LogP contribution in [0.3, 0.4) is 0 Å². The van der Waals surface area contributed by atoms with Crippen LogP contribution in [0.2, 0.25) is 0 Å². The van der Waals surface area contributed by atoms with Gasteiger partial charge in [0.05, 0.1) is 5.01 Å². The summed E-state index contributed by atoms with van der Waals surface area (Å²) in [4.78, 5) is 12.8. The molecule has 1 aliphatic carbocycles. The Morgan fingerprint density at radius 2 is 1.96 bits per heavy atom. The van der Waals surface area contributed by atoms with Gasteiger partial charge in [-0.25, -0.2) is 4.98 Å². The molecule has 1 aliphatic heterocycles. The van der Waals surface area contributed by atoms with Crippen molar-refractivity contribution in [1.82, 2.24) is 20.5 Å². The fourth-order valence-electron chi connectivity index (χ4n) is 4.19. The number of aryl methyl sites for hydroxylation is 1. The Kier molecular flexibility index (Phi) is 10.3. The second-order valence-corrected chi connectivity index (χ2v) is 9.16. The zero-order valence-corrected chi connectivity index (χ0v) is 20.0. The van der Waals surface area contributed by atoms with Gasteiger partial charge in [-0.05, 0) is 38.5 Å². The molecular formula is C20H36IN5S. The molecule has 2 aliphatic rings. The number of nitrogens with zero attached hydrogens (tertiary/aromatic N) is 3. The lowest BCUT2D eigenvalue weighted by molar-refractivity contribution is 0.160. The number of nitrogens with one attached hydrogen (secondary N) is 2. The summed E-state index contributed by atoms with van der Waals surface area (Å²) in [5.74, 6) is 1.89. The topological polar surface area (TPSA) is 52.6 Å². The molecule has 0 spiro atoms. The maximum absolute atomic E-state index is 4.42. The molecule has 1 aromatic rings. The summed E-state index contributed by atoms with van der Waals surface area (Å²) in [5.41, 5.74) is 0. The molecule has 2 N–H and O–H groups in total. The van der Waals surface area contributed by atoms with E-state index >= 15 is 0 Å². The van der Waals surface area contributed by atoms with Crippen LogP contribution in [0.5, 0.6) is 0 Å². The number of thiazole rings is 1. The molecular weight excluding hydrogens is 469 g/mol. The minimum atomic E-state index is 0. The number of rotatable bonds is 6. The third-order valence-corrected chi connectivity index (χ3v) is 6.67. The van der Waals surface area contributed by atoms with Crippen molar-refractivity contribution in [3.63, 3.8) is 0 Å². The van der Waals surface area contributed by atoms with E-state index in [1.807, 2.05) is 13.2 Å². The van der Waals surface area contributed by atoms with Crippen LogP contribution in [0.4, 0.5) is 0 Å². The molecule has 0 amide bonds. The van der Waals surface area contributed by atoms with Crippen molar-refractivity contribution >= 4 is 41.3 Å². The lowest BCUT2D eigenvalue weighted by atomic mass is 9.88. The smallest absolute Gasteiger partial charge is 0.191 e. The highest BCUT2D eigenvalue weighted by atomic mass is 127. The number of aliphatic imine (C=N–C) groups is 1. The Morgan fingerprint density at radius 3 is 2.59 bits per heavy atom. The molecule has 1 saturated carbocycles. The lowest BCUT2D eigenvalue weighted by Gasteiger charge is -2.36. The van der Waals surface area contributed by atoms with E-state index in [1.54, 1.807) is 11.3 Å². The molecule has 5 nitrogen and oxygen atoms in total. The Bertz CT molecular complexity index is 562. The molecule has 0 unspecified atom stereocenters. The van der Waals surface area contributed by atoms with Gasteiger partial charge in [0.1, 0.15) is 0 Å². The minimum absolute atomic E-state index is 0. The van der Waals surface area contributed by atoms with Crippen molar-refractivity contribution in [2.45, 2.75) is 64.3 Å². The van der Waals surface area contributed by atoms with E-state index in [0.29, 0.717) is 6.04 Å². The number of piperidine rings is 1. The predicted molar refractivity (Wildman–Crippen MR) is 127 cm³/mol. The van der Waals surface area contributed by atoms with Crippen LogP contribution in [0, 0.1) is 12.8 Å². The van der Waals surface area contributed by atoms with Crippen molar-refractivity contribution in [1.29, 1.82) is 0 Å². The normalized spacial score (nSPS) is 20.3. The van der Waals surface area contributed by atoms with Crippen LogP contribution in [-0.4, -0.2) is 55.1 Å². The molecule has 1 aromatic heterocycles. The zero-order chi connectivity index (χ0) is 18.2. The summed E-state index contributed by atoms with van der Waals surface area (Å²) >= 11 is 1.78. The number of hydrogen-bond acceptors (Lipinski definition) is 4. The van der Waals surface area contributed by atoms with Crippen molar-refractivity contribution in [3.05, 3.63) is 16.1 Å². The van der Waals surface area contributed by atoms with Crippen molar-refractivity contribution in [3.8, 4) is 0 Å². The maximum Gasteiger partial charge on any atom is 0.191 e. The molecule has 1 saturated heterocycles. The van der Waals surface area contributed by atoms with E-state index in [0.717, 1.165) is 24.8 Å². The highest BCUT2D eigenvalue weighted by Gasteiger charge is 2.23. The third kappa shape index (κ3) is 7.85. The summed E-state index contributed by atoms with van der Waals surface area (Å²) in [5, 5.41) is 8.26. The van der Waals surface area contributed by atoms with Crippen LogP contribution < -0.4 is 10.6 Å². The van der Waals surface area contributed by atoms with Gasteiger partial charge in [-0.15, -0.1) is 35.3 Å². The minimum Gasteiger partial charge on any atom is -0.356 e. The fraction of sp³-hybridized carbons (Fsp3) is 0.800. The van der Waals surface area contributed by atoms with Crippen LogP contribution >= 0.6 is 35.3 Å². The number of aromatic nitrogens is 1. The first-order valence-electron chi connectivity index (χ1n) is 10.3. The summed E-state index contributed by atoms with van der Waals surface area (Å²) in [6.45, 7) is 6.77. The first-order valence-corrected chi connectivity index (χ1v) is 11.2. The summed E-state index contributed by atoms with van der Waals surface area (Å²) in [7, 11) is 1.86. The van der Waals surface area contributed by atoms with Gasteiger partial charge in [0.25, 0.3) is 0 Å². The lowest BCUT2D eigenvalue weighted by Crippen LogP contribution is -2.49. The quantitative estimate of drug-likeness (QED) is 0.351. The van der Waals surface area contributed by atoms with Crippen LogP contribution in [0.15, 0.2) is 11.2 Å². The monoisotopic (exact) mass is 505 g/mol. The largest absolute Gasteiger partial charge is 0.356 e. The van der Waals surface area contributed by atoms with E-state index in [1.165, 1.54) is 74.5 Å². The number of halogens is 1. The van der Waals surface area contributed by atoms with Gasteiger partial charge in [-0.1, -0.05) is 19.3 Å². The zero-order valence-electron chi connectivity index (χ0n) is 16.9. The van der Waals surface area contributed by atoms with Crippen molar-refractivity contribution in [2.24, 2.45) is 10.9 Å². The van der Waals surface area contributed by atoms with Crippen LogP contribution in [-0.2, 0) is 6.42 Å². The number of guanidine groups is 1. The maximum atomic E-state index is 4.42. The van der Waals surface area contributed by atoms with Crippen LogP contribution in [0.25, 0.3) is 0 Å². The molecule has 0 aromatic carbocycles. The highest BCUT2D eigenvalue weighted by molar-refractivity contribution is 14.0. The molecule has 7 heteroatoms. The Hall–Kier alpha value is -0.410. The van der Waals surface area contributed by atoms with Crippen molar-refractivity contribution < 1.29 is 0 Å². The van der Waals surface area contributed by atoms with Crippen molar-refractivity contribution in [2.75, 3.05) is 33.2 Å². The van der Waals surface area contributed by atoms with Gasteiger partial charge in [0, 0.05) is 56.8 Å². The summed E-state index contributed by atoms with van der Waals surface area (Å²) in [6, 6.07) is 0.547. The van der Waals surface area contributed by atoms with Gasteiger partial charge in [-0.2, -0.15) is 0 Å². The molecule has 0 radical (unpaired) electrons. The SMILES string of the molecule is CN=C(NCCc1ncc(C)s1)NC1CCN(CC2CCCCC2)CC1.I. The van der Waals surface area contributed by atoms with E-state index in [2.05, 4.69) is 32.4 Å². The molecule has 2 fully saturated rings. The molecule has 2 heterocycles. The average Bonchev–Trinajstić information content (AvgIpc) is 3.08. The van der Waals surface area contributed by atoms with Gasteiger partial charge in [-0.3, -0.25) is 4.99 Å². The second-order valence-electron chi connectivity index (χ2n) is 7.84. The summed E-state index contributed by atoms with van der Waals surface area (Å²) in [6.07, 6.45) is 12.6. The Labute approximate surface area is 185 Å². The second kappa shape index (κ2) is 12.2. The first kappa shape index (κ1) is 22.9. The van der Waals surface area contributed by atoms with E-state index in [-0.39, 0.29) is 24.0 Å². The van der Waals surface area contributed by atoms with E-state index in [9.17, 15) is 0 Å².